The molecule has 14 heavy (non-hydrogen) atoms. The van der Waals surface area contributed by atoms with Crippen LogP contribution in [0, 0.1) is 5.92 Å². The standard InChI is InChI=1S/C11H22N2O/c1-12-8-11(14)13(2)9-10-6-4-3-5-7-10/h10,12H,3-9H2,1-2H3. The lowest BCUT2D eigenvalue weighted by atomic mass is 9.89. The maximum Gasteiger partial charge on any atom is 0.236 e. The summed E-state index contributed by atoms with van der Waals surface area (Å²) in [7, 11) is 3.72. The molecule has 0 heterocycles. The zero-order valence-electron chi connectivity index (χ0n) is 9.38. The first-order chi connectivity index (χ1) is 6.74. The average molecular weight is 198 g/mol. The monoisotopic (exact) mass is 198 g/mol. The minimum absolute atomic E-state index is 0.207. The molecule has 0 atom stereocenters. The lowest BCUT2D eigenvalue weighted by Gasteiger charge is -2.27. The molecule has 0 bridgehead atoms. The van der Waals surface area contributed by atoms with Crippen LogP contribution in [-0.2, 0) is 4.79 Å². The first-order valence-electron chi connectivity index (χ1n) is 5.62. The van der Waals surface area contributed by atoms with E-state index in [1.54, 1.807) is 0 Å². The SMILES string of the molecule is CNCC(=O)N(C)CC1CCCCC1. The molecule has 0 aliphatic heterocycles. The number of carbonyl (C=O) groups excluding carboxylic acids is 1. The van der Waals surface area contributed by atoms with E-state index in [2.05, 4.69) is 5.32 Å². The van der Waals surface area contributed by atoms with Gasteiger partial charge in [-0.15, -0.1) is 0 Å². The fourth-order valence-electron chi connectivity index (χ4n) is 2.15. The van der Waals surface area contributed by atoms with Crippen LogP contribution in [0.2, 0.25) is 0 Å². The number of likely N-dealkylation sites (N-methyl/N-ethyl adjacent to an activating group) is 2. The maximum absolute atomic E-state index is 11.5. The summed E-state index contributed by atoms with van der Waals surface area (Å²) in [5.41, 5.74) is 0. The quantitative estimate of drug-likeness (QED) is 0.737. The maximum atomic E-state index is 11.5. The summed E-state index contributed by atoms with van der Waals surface area (Å²) >= 11 is 0. The van der Waals surface area contributed by atoms with Crippen LogP contribution in [0.4, 0.5) is 0 Å². The predicted octanol–water partition coefficient (Wildman–Crippen LogP) is 1.24. The molecular formula is C11H22N2O. The first-order valence-corrected chi connectivity index (χ1v) is 5.62. The first kappa shape index (κ1) is 11.5. The van der Waals surface area contributed by atoms with Gasteiger partial charge in [-0.2, -0.15) is 0 Å². The average Bonchev–Trinajstić information content (AvgIpc) is 2.19. The summed E-state index contributed by atoms with van der Waals surface area (Å²) in [5.74, 6) is 0.952. The molecular weight excluding hydrogens is 176 g/mol. The zero-order chi connectivity index (χ0) is 10.4. The summed E-state index contributed by atoms with van der Waals surface area (Å²) in [6, 6.07) is 0. The molecule has 1 rings (SSSR count). The second-order valence-corrected chi connectivity index (χ2v) is 4.31. The highest BCUT2D eigenvalue weighted by molar-refractivity contribution is 5.77. The second-order valence-electron chi connectivity index (χ2n) is 4.31. The van der Waals surface area contributed by atoms with Gasteiger partial charge >= 0.3 is 0 Å². The number of nitrogens with zero attached hydrogens (tertiary/aromatic N) is 1. The topological polar surface area (TPSA) is 32.3 Å². The van der Waals surface area contributed by atoms with Crippen molar-refractivity contribution in [2.75, 3.05) is 27.2 Å². The molecule has 3 nitrogen and oxygen atoms in total. The molecule has 1 amide bonds. The van der Waals surface area contributed by atoms with Gasteiger partial charge in [-0.3, -0.25) is 4.79 Å². The molecule has 1 fully saturated rings. The summed E-state index contributed by atoms with van der Waals surface area (Å²) in [6.45, 7) is 1.41. The van der Waals surface area contributed by atoms with E-state index in [1.165, 1.54) is 32.1 Å². The molecule has 1 aliphatic rings. The number of amides is 1. The van der Waals surface area contributed by atoms with Gasteiger partial charge in [0.25, 0.3) is 0 Å². The number of nitrogens with one attached hydrogen (secondary N) is 1. The highest BCUT2D eigenvalue weighted by atomic mass is 16.2. The third kappa shape index (κ3) is 3.66. The van der Waals surface area contributed by atoms with Gasteiger partial charge in [0.15, 0.2) is 0 Å². The van der Waals surface area contributed by atoms with Crippen LogP contribution in [0.1, 0.15) is 32.1 Å². The van der Waals surface area contributed by atoms with E-state index in [-0.39, 0.29) is 5.91 Å². The van der Waals surface area contributed by atoms with Crippen LogP contribution >= 0.6 is 0 Å². The van der Waals surface area contributed by atoms with Gasteiger partial charge in [-0.25, -0.2) is 0 Å². The van der Waals surface area contributed by atoms with Crippen molar-refractivity contribution in [3.05, 3.63) is 0 Å². The van der Waals surface area contributed by atoms with Crippen molar-refractivity contribution < 1.29 is 4.79 Å². The number of rotatable bonds is 4. The van der Waals surface area contributed by atoms with Crippen molar-refractivity contribution in [2.24, 2.45) is 5.92 Å². The Morgan fingerprint density at radius 1 is 1.36 bits per heavy atom. The van der Waals surface area contributed by atoms with Crippen molar-refractivity contribution in [3.8, 4) is 0 Å². The Kier molecular flexibility index (Phi) is 4.94. The smallest absolute Gasteiger partial charge is 0.236 e. The van der Waals surface area contributed by atoms with Crippen molar-refractivity contribution in [2.45, 2.75) is 32.1 Å². The molecule has 1 saturated carbocycles. The Hall–Kier alpha value is -0.570. The Labute approximate surface area is 86.9 Å². The second kappa shape index (κ2) is 6.02. The van der Waals surface area contributed by atoms with Crippen LogP contribution in [0.5, 0.6) is 0 Å². The molecule has 0 unspecified atom stereocenters. The van der Waals surface area contributed by atoms with E-state index in [0.29, 0.717) is 6.54 Å². The summed E-state index contributed by atoms with van der Waals surface area (Å²) in [4.78, 5) is 13.3. The molecule has 1 aliphatic carbocycles. The van der Waals surface area contributed by atoms with Gasteiger partial charge in [0, 0.05) is 13.6 Å². The number of hydrogen-bond donors (Lipinski definition) is 1. The van der Waals surface area contributed by atoms with Crippen LogP contribution < -0.4 is 5.32 Å². The summed E-state index contributed by atoms with van der Waals surface area (Å²) in [5, 5.41) is 2.89. The van der Waals surface area contributed by atoms with Gasteiger partial charge in [-0.05, 0) is 25.8 Å². The van der Waals surface area contributed by atoms with Crippen molar-refractivity contribution in [1.82, 2.24) is 10.2 Å². The summed E-state index contributed by atoms with van der Waals surface area (Å²) in [6.07, 6.45) is 6.68. The molecule has 0 radical (unpaired) electrons. The lowest BCUT2D eigenvalue weighted by Crippen LogP contribution is -2.37. The fraction of sp³-hybridized carbons (Fsp3) is 0.909. The van der Waals surface area contributed by atoms with E-state index < -0.39 is 0 Å². The normalized spacial score (nSPS) is 18.1. The Morgan fingerprint density at radius 2 is 2.00 bits per heavy atom. The van der Waals surface area contributed by atoms with E-state index in [9.17, 15) is 4.79 Å². The predicted molar refractivity (Wildman–Crippen MR) is 58.1 cm³/mol. The van der Waals surface area contributed by atoms with Gasteiger partial charge in [0.2, 0.25) is 5.91 Å². The van der Waals surface area contributed by atoms with E-state index in [1.807, 2.05) is 19.0 Å². The summed E-state index contributed by atoms with van der Waals surface area (Å²) < 4.78 is 0. The highest BCUT2D eigenvalue weighted by Crippen LogP contribution is 2.23. The molecule has 0 aromatic heterocycles. The number of carbonyl (C=O) groups is 1. The van der Waals surface area contributed by atoms with Crippen LogP contribution in [0.25, 0.3) is 0 Å². The Bertz CT molecular complexity index is 176. The lowest BCUT2D eigenvalue weighted by molar-refractivity contribution is -0.129. The third-order valence-electron chi connectivity index (χ3n) is 3.01. The van der Waals surface area contributed by atoms with Gasteiger partial charge in [0.1, 0.15) is 0 Å². The van der Waals surface area contributed by atoms with Gasteiger partial charge < -0.3 is 10.2 Å². The van der Waals surface area contributed by atoms with Crippen LogP contribution in [-0.4, -0.2) is 38.0 Å². The van der Waals surface area contributed by atoms with Gasteiger partial charge in [-0.1, -0.05) is 19.3 Å². The van der Waals surface area contributed by atoms with E-state index >= 15 is 0 Å². The molecule has 82 valence electrons. The van der Waals surface area contributed by atoms with Crippen molar-refractivity contribution in [3.63, 3.8) is 0 Å². The highest BCUT2D eigenvalue weighted by Gasteiger charge is 2.17. The van der Waals surface area contributed by atoms with Crippen molar-refractivity contribution >= 4 is 5.91 Å². The number of hydrogen-bond acceptors (Lipinski definition) is 2. The molecule has 0 aromatic rings. The van der Waals surface area contributed by atoms with Crippen molar-refractivity contribution in [1.29, 1.82) is 0 Å². The molecule has 1 N–H and O–H groups in total. The Balaban J connectivity index is 2.24. The van der Waals surface area contributed by atoms with Crippen LogP contribution in [0.3, 0.4) is 0 Å². The van der Waals surface area contributed by atoms with Crippen LogP contribution in [0.15, 0.2) is 0 Å². The molecule has 0 spiro atoms. The molecule has 0 saturated heterocycles. The zero-order valence-corrected chi connectivity index (χ0v) is 9.38. The minimum atomic E-state index is 0.207. The van der Waals surface area contributed by atoms with E-state index in [4.69, 9.17) is 0 Å². The minimum Gasteiger partial charge on any atom is -0.344 e. The third-order valence-corrected chi connectivity index (χ3v) is 3.01. The van der Waals surface area contributed by atoms with E-state index in [0.717, 1.165) is 12.5 Å². The fourth-order valence-corrected chi connectivity index (χ4v) is 2.15. The largest absolute Gasteiger partial charge is 0.344 e. The Morgan fingerprint density at radius 3 is 2.57 bits per heavy atom. The molecule has 3 heteroatoms. The van der Waals surface area contributed by atoms with Gasteiger partial charge in [0.05, 0.1) is 6.54 Å². The molecule has 0 aromatic carbocycles.